The molecule has 2 aliphatic rings. The quantitative estimate of drug-likeness (QED) is 0.898. The highest BCUT2D eigenvalue weighted by Crippen LogP contribution is 2.37. The zero-order valence-corrected chi connectivity index (χ0v) is 15.2. The van der Waals surface area contributed by atoms with Gasteiger partial charge in [-0.05, 0) is 48.1 Å². The van der Waals surface area contributed by atoms with Gasteiger partial charge in [0.1, 0.15) is 6.04 Å². The van der Waals surface area contributed by atoms with Gasteiger partial charge in [0.2, 0.25) is 11.8 Å². The Morgan fingerprint density at radius 2 is 1.92 bits per heavy atom. The fourth-order valence-electron chi connectivity index (χ4n) is 3.58. The molecule has 26 heavy (non-hydrogen) atoms. The van der Waals surface area contributed by atoms with Gasteiger partial charge in [-0.2, -0.15) is 0 Å². The van der Waals surface area contributed by atoms with E-state index in [0.29, 0.717) is 18.1 Å². The molecule has 134 valence electrons. The van der Waals surface area contributed by atoms with E-state index in [1.807, 2.05) is 42.5 Å². The molecule has 0 bridgehead atoms. The summed E-state index contributed by atoms with van der Waals surface area (Å²) in [6, 6.07) is 14.8. The van der Waals surface area contributed by atoms with Crippen LogP contribution in [0.2, 0.25) is 5.02 Å². The monoisotopic (exact) mass is 368 g/mol. The Kier molecular flexibility index (Phi) is 4.68. The van der Waals surface area contributed by atoms with E-state index in [9.17, 15) is 9.59 Å². The molecule has 1 fully saturated rings. The van der Waals surface area contributed by atoms with E-state index >= 15 is 0 Å². The molecular weight excluding hydrogens is 348 g/mol. The number of halogens is 1. The topological polar surface area (TPSA) is 49.4 Å². The van der Waals surface area contributed by atoms with E-state index in [4.69, 9.17) is 11.6 Å². The Bertz CT molecular complexity index is 847. The van der Waals surface area contributed by atoms with Crippen LogP contribution in [0.15, 0.2) is 48.5 Å². The van der Waals surface area contributed by atoms with E-state index in [1.54, 1.807) is 11.0 Å². The van der Waals surface area contributed by atoms with Crippen molar-refractivity contribution in [3.63, 3.8) is 0 Å². The molecule has 5 heteroatoms. The Morgan fingerprint density at radius 1 is 1.12 bits per heavy atom. The molecular formula is C21H21ClN2O2. The Morgan fingerprint density at radius 3 is 2.69 bits per heavy atom. The number of carbonyl (C=O) groups is 2. The first-order valence-electron chi connectivity index (χ1n) is 9.04. The first kappa shape index (κ1) is 17.1. The van der Waals surface area contributed by atoms with Crippen LogP contribution in [0.3, 0.4) is 0 Å². The number of hydrogen-bond acceptors (Lipinski definition) is 2. The summed E-state index contributed by atoms with van der Waals surface area (Å²) in [5, 5.41) is 3.63. The van der Waals surface area contributed by atoms with Crippen molar-refractivity contribution < 1.29 is 9.59 Å². The highest BCUT2D eigenvalue weighted by Gasteiger charge is 2.41. The molecule has 0 spiro atoms. The van der Waals surface area contributed by atoms with Crippen molar-refractivity contribution in [2.45, 2.75) is 31.8 Å². The number of fused-ring (bicyclic) bond motifs is 1. The van der Waals surface area contributed by atoms with Gasteiger partial charge < -0.3 is 10.2 Å². The molecule has 0 unspecified atom stereocenters. The van der Waals surface area contributed by atoms with Crippen molar-refractivity contribution in [3.8, 4) is 0 Å². The number of amides is 2. The fraction of sp³-hybridized carbons (Fsp3) is 0.333. The number of nitrogens with one attached hydrogen (secondary N) is 1. The molecule has 0 saturated heterocycles. The second-order valence-corrected chi connectivity index (χ2v) is 7.44. The van der Waals surface area contributed by atoms with Crippen LogP contribution in [0, 0.1) is 5.92 Å². The van der Waals surface area contributed by atoms with Crippen molar-refractivity contribution in [2.24, 2.45) is 5.92 Å². The maximum Gasteiger partial charge on any atom is 0.247 e. The van der Waals surface area contributed by atoms with Crippen molar-refractivity contribution in [2.75, 3.05) is 6.54 Å². The summed E-state index contributed by atoms with van der Waals surface area (Å²) in [7, 11) is 0. The molecule has 1 atom stereocenters. The van der Waals surface area contributed by atoms with Gasteiger partial charge in [0.25, 0.3) is 0 Å². The Balaban J connectivity index is 1.57. The fourth-order valence-corrected chi connectivity index (χ4v) is 3.80. The average Bonchev–Trinajstić information content (AvgIpc) is 3.50. The number of nitrogens with zero attached hydrogens (tertiary/aromatic N) is 1. The molecule has 0 aromatic heterocycles. The molecule has 1 aliphatic carbocycles. The zero-order valence-electron chi connectivity index (χ0n) is 14.5. The lowest BCUT2D eigenvalue weighted by Gasteiger charge is -2.36. The van der Waals surface area contributed by atoms with Crippen LogP contribution < -0.4 is 5.32 Å². The van der Waals surface area contributed by atoms with E-state index in [0.717, 1.165) is 36.0 Å². The van der Waals surface area contributed by atoms with Crippen LogP contribution in [0.25, 0.3) is 0 Å². The van der Waals surface area contributed by atoms with Crippen LogP contribution in [-0.2, 0) is 22.6 Å². The predicted octanol–water partition coefficient (Wildman–Crippen LogP) is 3.49. The van der Waals surface area contributed by atoms with Crippen LogP contribution >= 0.6 is 11.6 Å². The van der Waals surface area contributed by atoms with Gasteiger partial charge in [-0.15, -0.1) is 0 Å². The third kappa shape index (κ3) is 3.47. The number of hydrogen-bond donors (Lipinski definition) is 1. The normalized spacial score (nSPS) is 19.0. The first-order chi connectivity index (χ1) is 12.6. The van der Waals surface area contributed by atoms with Gasteiger partial charge in [0, 0.05) is 24.0 Å². The molecule has 2 aromatic carbocycles. The highest BCUT2D eigenvalue weighted by atomic mass is 35.5. The van der Waals surface area contributed by atoms with Crippen molar-refractivity contribution in [1.29, 1.82) is 0 Å². The summed E-state index contributed by atoms with van der Waals surface area (Å²) in [5.74, 6) is 0.0806. The van der Waals surface area contributed by atoms with Crippen LogP contribution in [0.4, 0.5) is 0 Å². The summed E-state index contributed by atoms with van der Waals surface area (Å²) >= 11 is 6.02. The molecule has 2 amide bonds. The third-order valence-electron chi connectivity index (χ3n) is 5.10. The lowest BCUT2D eigenvalue weighted by Crippen LogP contribution is -2.47. The molecule has 4 nitrogen and oxygen atoms in total. The summed E-state index contributed by atoms with van der Waals surface area (Å²) in [5.41, 5.74) is 3.03. The minimum absolute atomic E-state index is 0.100. The molecule has 0 radical (unpaired) electrons. The maximum atomic E-state index is 13.0. The molecule has 1 saturated carbocycles. The van der Waals surface area contributed by atoms with Crippen LogP contribution in [0.1, 0.15) is 35.6 Å². The molecule has 2 aromatic rings. The van der Waals surface area contributed by atoms with Gasteiger partial charge in [0.15, 0.2) is 0 Å². The first-order valence-corrected chi connectivity index (χ1v) is 9.42. The minimum Gasteiger partial charge on any atom is -0.350 e. The number of benzene rings is 2. The van der Waals surface area contributed by atoms with Gasteiger partial charge >= 0.3 is 0 Å². The number of carbonyl (C=O) groups excluding carboxylic acids is 2. The Hall–Kier alpha value is -2.33. The van der Waals surface area contributed by atoms with Gasteiger partial charge in [0.05, 0.1) is 0 Å². The molecule has 1 heterocycles. The summed E-state index contributed by atoms with van der Waals surface area (Å²) in [4.78, 5) is 27.5. The highest BCUT2D eigenvalue weighted by molar-refractivity contribution is 6.30. The number of rotatable bonds is 4. The van der Waals surface area contributed by atoms with Crippen molar-refractivity contribution in [1.82, 2.24) is 10.2 Å². The lowest BCUT2D eigenvalue weighted by atomic mass is 9.91. The lowest BCUT2D eigenvalue weighted by molar-refractivity contribution is -0.142. The standard InChI is InChI=1S/C21H21ClN2O2/c22-17-6-3-4-14(12-17)13-23-20(25)19-18-7-2-1-5-15(18)10-11-24(19)21(26)16-8-9-16/h1-7,12,16,19H,8-11,13H2,(H,23,25)/t19-/m1/s1. The summed E-state index contributed by atoms with van der Waals surface area (Å²) < 4.78 is 0. The van der Waals surface area contributed by atoms with Gasteiger partial charge in [-0.25, -0.2) is 0 Å². The molecule has 1 aliphatic heterocycles. The SMILES string of the molecule is O=C(NCc1cccc(Cl)c1)[C@H]1c2ccccc2CCN1C(=O)C1CC1. The van der Waals surface area contributed by atoms with Gasteiger partial charge in [-0.1, -0.05) is 48.0 Å². The van der Waals surface area contributed by atoms with E-state index < -0.39 is 6.04 Å². The third-order valence-corrected chi connectivity index (χ3v) is 5.33. The van der Waals surface area contributed by atoms with Crippen LogP contribution in [0.5, 0.6) is 0 Å². The largest absolute Gasteiger partial charge is 0.350 e. The minimum atomic E-state index is -0.549. The molecule has 4 rings (SSSR count). The molecule has 1 N–H and O–H groups in total. The van der Waals surface area contributed by atoms with Gasteiger partial charge in [-0.3, -0.25) is 9.59 Å². The average molecular weight is 369 g/mol. The predicted molar refractivity (Wildman–Crippen MR) is 101 cm³/mol. The Labute approximate surface area is 158 Å². The van der Waals surface area contributed by atoms with E-state index in [2.05, 4.69) is 5.32 Å². The van der Waals surface area contributed by atoms with Crippen molar-refractivity contribution >= 4 is 23.4 Å². The second-order valence-electron chi connectivity index (χ2n) is 7.00. The zero-order chi connectivity index (χ0) is 18.1. The summed E-state index contributed by atoms with van der Waals surface area (Å²) in [6.07, 6.45) is 2.67. The smallest absolute Gasteiger partial charge is 0.247 e. The summed E-state index contributed by atoms with van der Waals surface area (Å²) in [6.45, 7) is 0.991. The maximum absolute atomic E-state index is 13.0. The van der Waals surface area contributed by atoms with Crippen LogP contribution in [-0.4, -0.2) is 23.3 Å². The second kappa shape index (κ2) is 7.12. The van der Waals surface area contributed by atoms with Crippen molar-refractivity contribution in [3.05, 3.63) is 70.2 Å². The van der Waals surface area contributed by atoms with E-state index in [1.165, 1.54) is 0 Å². The van der Waals surface area contributed by atoms with E-state index in [-0.39, 0.29) is 17.7 Å².